The number of benzene rings is 1. The van der Waals surface area contributed by atoms with E-state index in [-0.39, 0.29) is 13.2 Å². The number of carbonyl (C=O) groups excluding carboxylic acids is 2. The molecular formula is C27H32N2O5. The van der Waals surface area contributed by atoms with Gasteiger partial charge in [0, 0.05) is 0 Å². The molecule has 1 saturated heterocycles. The number of nitrogens with one attached hydrogen (secondary N) is 1. The van der Waals surface area contributed by atoms with Crippen LogP contribution in [0.2, 0.25) is 0 Å². The Hall–Kier alpha value is -2.80. The number of aliphatic hydroxyl groups excluding tert-OH is 1. The van der Waals surface area contributed by atoms with Crippen LogP contribution in [0.3, 0.4) is 0 Å². The number of hydrogen-bond acceptors (Lipinski definition) is 5. The zero-order valence-electron chi connectivity index (χ0n) is 19.5. The minimum Gasteiger partial charge on any atom is -0.491 e. The zero-order chi connectivity index (χ0) is 23.5. The van der Waals surface area contributed by atoms with Gasteiger partial charge in [0.25, 0.3) is 5.91 Å². The third kappa shape index (κ3) is 3.52. The van der Waals surface area contributed by atoms with Crippen LogP contribution in [0.4, 0.5) is 4.79 Å². The summed E-state index contributed by atoms with van der Waals surface area (Å²) in [5.41, 5.74) is 0.501. The molecule has 34 heavy (non-hydrogen) atoms. The van der Waals surface area contributed by atoms with Crippen LogP contribution in [0.5, 0.6) is 5.75 Å². The van der Waals surface area contributed by atoms with Crippen LogP contribution < -0.4 is 10.1 Å². The highest BCUT2D eigenvalue weighted by Crippen LogP contribution is 2.60. The molecule has 0 spiro atoms. The van der Waals surface area contributed by atoms with Gasteiger partial charge < -0.3 is 19.6 Å². The maximum atomic E-state index is 12.9. The summed E-state index contributed by atoms with van der Waals surface area (Å²) in [5.74, 6) is 3.29. The van der Waals surface area contributed by atoms with Crippen molar-refractivity contribution in [3.8, 4) is 5.75 Å². The molecule has 2 atom stereocenters. The van der Waals surface area contributed by atoms with Gasteiger partial charge in [-0.1, -0.05) is 12.1 Å². The summed E-state index contributed by atoms with van der Waals surface area (Å²) >= 11 is 0. The maximum absolute atomic E-state index is 12.9. The van der Waals surface area contributed by atoms with E-state index in [1.54, 1.807) is 19.1 Å². The Bertz CT molecular complexity index is 1040. The number of aliphatic hydroxyl groups is 1. The molecular weight excluding hydrogens is 432 g/mol. The lowest BCUT2D eigenvalue weighted by Gasteiger charge is -2.57. The first-order valence-corrected chi connectivity index (χ1v) is 12.4. The summed E-state index contributed by atoms with van der Waals surface area (Å²) in [7, 11) is 0. The smallest absolute Gasteiger partial charge is 0.325 e. The molecule has 7 nitrogen and oxygen atoms in total. The summed E-state index contributed by atoms with van der Waals surface area (Å²) in [6.07, 6.45) is 8.70. The molecule has 180 valence electrons. The molecule has 4 bridgehead atoms. The fraction of sp³-hybridized carbons (Fsp3) is 0.556. The Morgan fingerprint density at radius 3 is 2.32 bits per heavy atom. The first kappa shape index (κ1) is 21.7. The lowest BCUT2D eigenvalue weighted by atomic mass is 9.48. The summed E-state index contributed by atoms with van der Waals surface area (Å²) in [5, 5.41) is 13.2. The average Bonchev–Trinajstić information content (AvgIpc) is 3.42. The van der Waals surface area contributed by atoms with E-state index in [9.17, 15) is 14.7 Å². The van der Waals surface area contributed by atoms with Gasteiger partial charge in [-0.05, 0) is 98.4 Å². The number of urea groups is 1. The van der Waals surface area contributed by atoms with Crippen molar-refractivity contribution in [3.05, 3.63) is 54.0 Å². The SMILES string of the molecule is C[C@@]1(c2ccco2)NC(=O)N(C[C@H](O)COc2ccc(C34CC5CC(CC(C5)C3)C4)cc2)C1=O. The maximum Gasteiger partial charge on any atom is 0.325 e. The molecule has 0 unspecified atom stereocenters. The fourth-order valence-corrected chi connectivity index (χ4v) is 7.42. The van der Waals surface area contributed by atoms with Crippen molar-refractivity contribution < 1.29 is 23.8 Å². The van der Waals surface area contributed by atoms with Crippen molar-refractivity contribution in [2.75, 3.05) is 13.2 Å². The quantitative estimate of drug-likeness (QED) is 0.606. The van der Waals surface area contributed by atoms with E-state index in [1.165, 1.54) is 50.4 Å². The second-order valence-corrected chi connectivity index (χ2v) is 11.1. The van der Waals surface area contributed by atoms with Crippen LogP contribution in [-0.4, -0.2) is 41.2 Å². The van der Waals surface area contributed by atoms with Crippen molar-refractivity contribution in [3.63, 3.8) is 0 Å². The van der Waals surface area contributed by atoms with Gasteiger partial charge in [-0.15, -0.1) is 0 Å². The van der Waals surface area contributed by atoms with Crippen LogP contribution in [0.25, 0.3) is 0 Å². The number of rotatable bonds is 7. The molecule has 0 radical (unpaired) electrons. The Labute approximate surface area is 199 Å². The van der Waals surface area contributed by atoms with E-state index in [1.807, 2.05) is 12.1 Å². The predicted molar refractivity (Wildman–Crippen MR) is 124 cm³/mol. The number of furan rings is 1. The number of carbonyl (C=O) groups is 2. The third-order valence-electron chi connectivity index (χ3n) is 8.63. The number of ether oxygens (including phenoxy) is 1. The first-order valence-electron chi connectivity index (χ1n) is 12.4. The van der Waals surface area contributed by atoms with Gasteiger partial charge in [-0.2, -0.15) is 0 Å². The van der Waals surface area contributed by atoms with E-state index in [0.29, 0.717) is 16.9 Å². The van der Waals surface area contributed by atoms with E-state index in [4.69, 9.17) is 9.15 Å². The number of β-amino-alcohol motifs (C(OH)–C–C–N with tert-alkyl or cyclic N) is 1. The Kier molecular flexibility index (Phi) is 5.03. The van der Waals surface area contributed by atoms with Crippen molar-refractivity contribution in [2.45, 2.75) is 62.5 Å². The normalized spacial score (nSPS) is 35.0. The Morgan fingerprint density at radius 1 is 1.09 bits per heavy atom. The van der Waals surface area contributed by atoms with Crippen molar-refractivity contribution >= 4 is 11.9 Å². The average molecular weight is 465 g/mol. The van der Waals surface area contributed by atoms with E-state index in [0.717, 1.165) is 22.7 Å². The van der Waals surface area contributed by atoms with Crippen LogP contribution >= 0.6 is 0 Å². The molecule has 1 aromatic carbocycles. The van der Waals surface area contributed by atoms with Gasteiger partial charge in [-0.25, -0.2) is 4.79 Å². The van der Waals surface area contributed by atoms with E-state index in [2.05, 4.69) is 17.4 Å². The Balaban J connectivity index is 1.06. The molecule has 4 saturated carbocycles. The molecule has 2 aromatic rings. The number of nitrogens with zero attached hydrogens (tertiary/aromatic N) is 1. The van der Waals surface area contributed by atoms with Crippen LogP contribution in [0.1, 0.15) is 56.8 Å². The van der Waals surface area contributed by atoms with Crippen molar-refractivity contribution in [1.82, 2.24) is 10.2 Å². The molecule has 7 rings (SSSR count). The van der Waals surface area contributed by atoms with Gasteiger partial charge in [0.2, 0.25) is 0 Å². The molecule has 5 fully saturated rings. The molecule has 5 aliphatic rings. The van der Waals surface area contributed by atoms with Crippen LogP contribution in [0.15, 0.2) is 47.1 Å². The minimum atomic E-state index is -1.27. The largest absolute Gasteiger partial charge is 0.491 e. The summed E-state index contributed by atoms with van der Waals surface area (Å²) < 4.78 is 11.1. The second-order valence-electron chi connectivity index (χ2n) is 11.1. The zero-order valence-corrected chi connectivity index (χ0v) is 19.5. The predicted octanol–water partition coefficient (Wildman–Crippen LogP) is 3.95. The summed E-state index contributed by atoms with van der Waals surface area (Å²) in [6, 6.07) is 11.1. The van der Waals surface area contributed by atoms with E-state index >= 15 is 0 Å². The monoisotopic (exact) mass is 464 g/mol. The van der Waals surface area contributed by atoms with Gasteiger partial charge >= 0.3 is 6.03 Å². The van der Waals surface area contributed by atoms with Gasteiger partial charge in [-0.3, -0.25) is 9.69 Å². The van der Waals surface area contributed by atoms with Crippen LogP contribution in [-0.2, 0) is 15.7 Å². The van der Waals surface area contributed by atoms with Crippen molar-refractivity contribution in [2.24, 2.45) is 17.8 Å². The van der Waals surface area contributed by atoms with Gasteiger partial charge in [0.05, 0.1) is 12.8 Å². The highest BCUT2D eigenvalue weighted by molar-refractivity contribution is 6.06. The molecule has 2 heterocycles. The van der Waals surface area contributed by atoms with Gasteiger partial charge in [0.15, 0.2) is 5.54 Å². The number of hydrogen-bond donors (Lipinski definition) is 2. The molecule has 3 amide bonds. The minimum absolute atomic E-state index is 0.00869. The Morgan fingerprint density at radius 2 is 1.74 bits per heavy atom. The van der Waals surface area contributed by atoms with Gasteiger partial charge in [0.1, 0.15) is 24.2 Å². The summed E-state index contributed by atoms with van der Waals surface area (Å²) in [6.45, 7) is 1.44. The highest BCUT2D eigenvalue weighted by Gasteiger charge is 2.52. The molecule has 1 aliphatic heterocycles. The third-order valence-corrected chi connectivity index (χ3v) is 8.63. The topological polar surface area (TPSA) is 92.0 Å². The van der Waals surface area contributed by atoms with E-state index < -0.39 is 23.6 Å². The summed E-state index contributed by atoms with van der Waals surface area (Å²) in [4.78, 5) is 26.3. The number of imide groups is 1. The molecule has 4 aliphatic carbocycles. The molecule has 1 aromatic heterocycles. The lowest BCUT2D eigenvalue weighted by Crippen LogP contribution is -2.48. The molecule has 7 heteroatoms. The molecule has 2 N–H and O–H groups in total. The van der Waals surface area contributed by atoms with Crippen molar-refractivity contribution in [1.29, 1.82) is 0 Å². The second kappa shape index (κ2) is 7.87. The lowest BCUT2D eigenvalue weighted by molar-refractivity contribution is -0.132. The van der Waals surface area contributed by atoms with Crippen LogP contribution in [0, 0.1) is 17.8 Å². The fourth-order valence-electron chi connectivity index (χ4n) is 7.42. The highest BCUT2D eigenvalue weighted by atomic mass is 16.5. The standard InChI is InChI=1S/C27H32N2O5/c1-26(23-3-2-8-33-23)24(31)29(25(32)28-26)15-21(30)16-34-22-6-4-20(5-7-22)27-12-17-9-18(13-27)11-19(10-17)14-27/h2-8,17-19,21,30H,9-16H2,1H3,(H,28,32)/t17?,18?,19?,21-,26-,27?/m0/s1. The first-order chi connectivity index (χ1) is 16.3. The number of amides is 3.